The Kier molecular flexibility index (Phi) is 8.65. The first-order valence-corrected chi connectivity index (χ1v) is 16.2. The molecule has 3 aliphatic rings. The molecule has 2 aromatic carbocycles. The van der Waals surface area contributed by atoms with Crippen LogP contribution >= 0.6 is 0 Å². The molecule has 44 heavy (non-hydrogen) atoms. The van der Waals surface area contributed by atoms with Crippen LogP contribution in [0.15, 0.2) is 41.3 Å². The second kappa shape index (κ2) is 11.9. The van der Waals surface area contributed by atoms with Crippen molar-refractivity contribution in [2.24, 2.45) is 23.2 Å². The van der Waals surface area contributed by atoms with Crippen LogP contribution in [0, 0.1) is 29.0 Å². The summed E-state index contributed by atoms with van der Waals surface area (Å²) < 4.78 is 89.2. The molecule has 13 heteroatoms. The molecule has 4 atom stereocenters. The summed E-state index contributed by atoms with van der Waals surface area (Å²) in [6.07, 6.45) is 5.35. The highest BCUT2D eigenvalue weighted by atomic mass is 32.2. The van der Waals surface area contributed by atoms with E-state index in [1.807, 2.05) is 0 Å². The molecule has 8 nitrogen and oxygen atoms in total. The molecule has 0 unspecified atom stereocenters. The van der Waals surface area contributed by atoms with Gasteiger partial charge in [0.15, 0.2) is 11.6 Å². The van der Waals surface area contributed by atoms with E-state index in [1.165, 1.54) is 19.2 Å². The van der Waals surface area contributed by atoms with E-state index < -0.39 is 49.8 Å². The van der Waals surface area contributed by atoms with E-state index in [-0.39, 0.29) is 46.1 Å². The van der Waals surface area contributed by atoms with Gasteiger partial charge in [-0.3, -0.25) is 9.59 Å². The average molecular weight is 641 g/mol. The summed E-state index contributed by atoms with van der Waals surface area (Å²) in [6.45, 7) is 4.36. The molecule has 0 heterocycles. The van der Waals surface area contributed by atoms with Crippen molar-refractivity contribution < 1.29 is 45.0 Å². The van der Waals surface area contributed by atoms with Crippen molar-refractivity contribution in [2.75, 3.05) is 12.4 Å². The standard InChI is InChI=1S/C31H36F4N2O6S/c1-30(2)11-9-20(10-12-30)43-25-15-22(24(42-3)16-23(25)32)28(38)37-27-18-8-7-17(13-18)26(27)29(39)36-19-5-4-6-21(14-19)44(40,41)31(33,34)35/h4-6,14-18,20,26-27H,7-13H2,1-3H3,(H,36,39)(H,37,38)/t17-,18+,26+,27-/m1/s1. The van der Waals surface area contributed by atoms with Crippen LogP contribution in [0.1, 0.15) is 69.2 Å². The zero-order valence-electron chi connectivity index (χ0n) is 24.7. The fourth-order valence-corrected chi connectivity index (χ4v) is 7.65. The molecule has 3 fully saturated rings. The number of benzene rings is 2. The Balaban J connectivity index is 1.33. The SMILES string of the molecule is COc1cc(F)c(OC2CCC(C)(C)CC2)cc1C(=O)N[C@@H]1[C@H]2CC[C@H](C2)[C@@H]1C(=O)Nc1cccc(S(=O)(=O)C(F)(F)F)c1. The summed E-state index contributed by atoms with van der Waals surface area (Å²) in [4.78, 5) is 26.1. The summed E-state index contributed by atoms with van der Waals surface area (Å²) >= 11 is 0. The van der Waals surface area contributed by atoms with Crippen molar-refractivity contribution >= 4 is 27.3 Å². The summed E-state index contributed by atoms with van der Waals surface area (Å²) in [5, 5.41) is 5.48. The summed E-state index contributed by atoms with van der Waals surface area (Å²) in [6, 6.07) is 5.79. The van der Waals surface area contributed by atoms with Crippen LogP contribution in [0.2, 0.25) is 0 Å². The molecule has 0 spiro atoms. The summed E-state index contributed by atoms with van der Waals surface area (Å²) in [5.74, 6) is -2.66. The van der Waals surface area contributed by atoms with Gasteiger partial charge in [0.1, 0.15) is 5.75 Å². The Hall–Kier alpha value is -3.35. The maximum atomic E-state index is 15.0. The van der Waals surface area contributed by atoms with Gasteiger partial charge in [-0.2, -0.15) is 13.2 Å². The van der Waals surface area contributed by atoms with Crippen LogP contribution in [0.4, 0.5) is 23.2 Å². The van der Waals surface area contributed by atoms with Gasteiger partial charge in [0, 0.05) is 17.8 Å². The molecule has 0 aromatic heterocycles. The zero-order chi connectivity index (χ0) is 32.0. The Labute approximate surface area is 253 Å². The third-order valence-corrected chi connectivity index (χ3v) is 10.8. The average Bonchev–Trinajstić information content (AvgIpc) is 3.56. The van der Waals surface area contributed by atoms with Crippen molar-refractivity contribution in [3.05, 3.63) is 47.8 Å². The predicted molar refractivity (Wildman–Crippen MR) is 154 cm³/mol. The smallest absolute Gasteiger partial charge is 0.496 e. The second-order valence-corrected chi connectivity index (χ2v) is 14.7. The van der Waals surface area contributed by atoms with E-state index in [0.29, 0.717) is 6.42 Å². The van der Waals surface area contributed by atoms with Gasteiger partial charge in [-0.15, -0.1) is 0 Å². The monoisotopic (exact) mass is 640 g/mol. The minimum Gasteiger partial charge on any atom is -0.496 e. The number of sulfone groups is 1. The number of carbonyl (C=O) groups excluding carboxylic acids is 2. The molecule has 0 saturated heterocycles. The number of rotatable bonds is 8. The number of anilines is 1. The summed E-state index contributed by atoms with van der Waals surface area (Å²) in [5.41, 5.74) is -5.36. The van der Waals surface area contributed by atoms with E-state index in [0.717, 1.165) is 62.8 Å². The third kappa shape index (κ3) is 6.38. The lowest BCUT2D eigenvalue weighted by Crippen LogP contribution is -2.48. The van der Waals surface area contributed by atoms with E-state index in [4.69, 9.17) is 9.47 Å². The number of hydrogen-bond acceptors (Lipinski definition) is 6. The molecule has 0 aliphatic heterocycles. The Morgan fingerprint density at radius 1 is 0.977 bits per heavy atom. The minimum atomic E-state index is -5.60. The quantitative estimate of drug-likeness (QED) is 0.330. The van der Waals surface area contributed by atoms with Crippen molar-refractivity contribution in [1.29, 1.82) is 0 Å². The Bertz CT molecular complexity index is 1530. The molecule has 0 radical (unpaired) electrons. The summed E-state index contributed by atoms with van der Waals surface area (Å²) in [7, 11) is -4.29. The van der Waals surface area contributed by atoms with Crippen molar-refractivity contribution in [3.63, 3.8) is 0 Å². The maximum Gasteiger partial charge on any atom is 0.501 e. The molecule has 2 N–H and O–H groups in total. The highest BCUT2D eigenvalue weighted by molar-refractivity contribution is 7.92. The number of hydrogen-bond donors (Lipinski definition) is 2. The normalized spacial score (nSPS) is 25.0. The molecule has 2 aromatic rings. The van der Waals surface area contributed by atoms with Gasteiger partial charge >= 0.3 is 5.51 Å². The Morgan fingerprint density at radius 3 is 2.32 bits per heavy atom. The molecule has 5 rings (SSSR count). The molecular weight excluding hydrogens is 604 g/mol. The zero-order valence-corrected chi connectivity index (χ0v) is 25.5. The first-order chi connectivity index (χ1) is 20.6. The van der Waals surface area contributed by atoms with Crippen LogP contribution in [-0.4, -0.2) is 45.0 Å². The predicted octanol–water partition coefficient (Wildman–Crippen LogP) is 6.26. The molecule has 2 amide bonds. The van der Waals surface area contributed by atoms with Crippen LogP contribution < -0.4 is 20.1 Å². The van der Waals surface area contributed by atoms with Crippen molar-refractivity contribution in [1.82, 2.24) is 5.32 Å². The lowest BCUT2D eigenvalue weighted by molar-refractivity contribution is -0.122. The maximum absolute atomic E-state index is 15.0. The van der Waals surface area contributed by atoms with Gasteiger partial charge in [-0.25, -0.2) is 12.8 Å². The lowest BCUT2D eigenvalue weighted by Gasteiger charge is -2.34. The van der Waals surface area contributed by atoms with Crippen LogP contribution in [0.3, 0.4) is 0 Å². The van der Waals surface area contributed by atoms with E-state index >= 15 is 0 Å². The lowest BCUT2D eigenvalue weighted by atomic mass is 9.76. The van der Waals surface area contributed by atoms with Gasteiger partial charge < -0.3 is 20.1 Å². The number of fused-ring (bicyclic) bond motifs is 2. The third-order valence-electron chi connectivity index (χ3n) is 9.31. The number of halogens is 4. The molecule has 3 aliphatic carbocycles. The van der Waals surface area contributed by atoms with Gasteiger partial charge in [0.2, 0.25) is 5.91 Å². The fraction of sp³-hybridized carbons (Fsp3) is 0.548. The minimum absolute atomic E-state index is 0.00368. The first-order valence-electron chi connectivity index (χ1n) is 14.7. The number of ether oxygens (including phenoxy) is 2. The number of alkyl halides is 3. The van der Waals surface area contributed by atoms with Crippen LogP contribution in [0.25, 0.3) is 0 Å². The highest BCUT2D eigenvalue weighted by Gasteiger charge is 2.52. The second-order valence-electron chi connectivity index (χ2n) is 12.8. The van der Waals surface area contributed by atoms with Crippen LogP contribution in [-0.2, 0) is 14.6 Å². The topological polar surface area (TPSA) is 111 Å². The van der Waals surface area contributed by atoms with Crippen molar-refractivity contribution in [3.8, 4) is 11.5 Å². The van der Waals surface area contributed by atoms with Gasteiger partial charge in [0.05, 0.1) is 29.6 Å². The van der Waals surface area contributed by atoms with E-state index in [2.05, 4.69) is 24.5 Å². The number of amides is 2. The first kappa shape index (κ1) is 32.1. The Morgan fingerprint density at radius 2 is 1.66 bits per heavy atom. The van der Waals surface area contributed by atoms with Crippen LogP contribution in [0.5, 0.6) is 11.5 Å². The molecular formula is C31H36F4N2O6S. The van der Waals surface area contributed by atoms with Gasteiger partial charge in [-0.1, -0.05) is 19.9 Å². The number of nitrogens with one attached hydrogen (secondary N) is 2. The number of carbonyl (C=O) groups is 2. The molecule has 240 valence electrons. The number of methoxy groups -OCH3 is 1. The van der Waals surface area contributed by atoms with Crippen molar-refractivity contribution in [2.45, 2.75) is 81.3 Å². The fourth-order valence-electron chi connectivity index (χ4n) is 6.85. The van der Waals surface area contributed by atoms with E-state index in [9.17, 15) is 35.6 Å². The highest BCUT2D eigenvalue weighted by Crippen LogP contribution is 2.49. The van der Waals surface area contributed by atoms with Gasteiger partial charge in [0.25, 0.3) is 15.7 Å². The molecule has 2 bridgehead atoms. The largest absolute Gasteiger partial charge is 0.501 e. The van der Waals surface area contributed by atoms with Gasteiger partial charge in [-0.05, 0) is 86.5 Å². The molecule has 3 saturated carbocycles. The van der Waals surface area contributed by atoms with E-state index in [1.54, 1.807) is 0 Å².